The van der Waals surface area contributed by atoms with Crippen molar-refractivity contribution in [3.63, 3.8) is 0 Å². The molecule has 0 unspecified atom stereocenters. The van der Waals surface area contributed by atoms with Gasteiger partial charge >= 0.3 is 0 Å². The van der Waals surface area contributed by atoms with Crippen molar-refractivity contribution in [1.82, 2.24) is 14.8 Å². The van der Waals surface area contributed by atoms with Crippen molar-refractivity contribution < 1.29 is 17.9 Å². The van der Waals surface area contributed by atoms with Crippen molar-refractivity contribution in [2.75, 3.05) is 31.7 Å². The van der Waals surface area contributed by atoms with Crippen LogP contribution in [0.5, 0.6) is 5.75 Å². The number of carbonyl (C=O) groups is 1. The fourth-order valence-corrected chi connectivity index (χ4v) is 6.64. The summed E-state index contributed by atoms with van der Waals surface area (Å²) in [5.74, 6) is 1.10. The number of sulfone groups is 1. The van der Waals surface area contributed by atoms with Crippen LogP contribution in [0.1, 0.15) is 38.3 Å². The number of hydrogen-bond acceptors (Lipinski definition) is 6. The van der Waals surface area contributed by atoms with Gasteiger partial charge < -0.3 is 9.64 Å². The van der Waals surface area contributed by atoms with E-state index in [1.807, 2.05) is 12.1 Å². The first kappa shape index (κ1) is 19.6. The van der Waals surface area contributed by atoms with Gasteiger partial charge in [-0.2, -0.15) is 0 Å². The Bertz CT molecular complexity index is 845. The zero-order valence-electron chi connectivity index (χ0n) is 16.6. The number of nitrogens with zero attached hydrogens (tertiary/aromatic N) is 3. The summed E-state index contributed by atoms with van der Waals surface area (Å²) in [7, 11) is -1.34. The number of aromatic nitrogens is 1. The lowest BCUT2D eigenvalue weighted by molar-refractivity contribution is -0.144. The van der Waals surface area contributed by atoms with Crippen LogP contribution in [0.2, 0.25) is 0 Å². The van der Waals surface area contributed by atoms with E-state index < -0.39 is 15.3 Å². The molecule has 3 aliphatic heterocycles. The molecule has 3 atom stereocenters. The molecule has 0 radical (unpaired) electrons. The normalized spacial score (nSPS) is 31.9. The Morgan fingerprint density at radius 3 is 2.75 bits per heavy atom. The van der Waals surface area contributed by atoms with Crippen LogP contribution in [0.15, 0.2) is 18.3 Å². The van der Waals surface area contributed by atoms with E-state index in [2.05, 4.69) is 16.8 Å². The summed E-state index contributed by atoms with van der Waals surface area (Å²) in [5, 5.41) is 0. The van der Waals surface area contributed by atoms with Gasteiger partial charge in [0.25, 0.3) is 0 Å². The zero-order valence-corrected chi connectivity index (χ0v) is 17.5. The molecule has 8 heteroatoms. The number of amides is 1. The van der Waals surface area contributed by atoms with Crippen LogP contribution in [0.3, 0.4) is 0 Å². The fraction of sp³-hybridized carbons (Fsp3) is 0.700. The molecule has 0 saturated carbocycles. The maximum absolute atomic E-state index is 13.5. The van der Waals surface area contributed by atoms with Crippen LogP contribution in [0, 0.1) is 5.41 Å². The molecular weight excluding hydrogens is 378 g/mol. The molecule has 0 aliphatic carbocycles. The summed E-state index contributed by atoms with van der Waals surface area (Å²) in [6.45, 7) is 3.43. The predicted molar refractivity (Wildman–Crippen MR) is 106 cm³/mol. The second-order valence-electron chi connectivity index (χ2n) is 8.23. The first-order valence-electron chi connectivity index (χ1n) is 10.1. The molecule has 28 heavy (non-hydrogen) atoms. The van der Waals surface area contributed by atoms with Crippen LogP contribution < -0.4 is 4.74 Å². The van der Waals surface area contributed by atoms with Gasteiger partial charge in [0.15, 0.2) is 9.84 Å². The highest BCUT2D eigenvalue weighted by molar-refractivity contribution is 7.91. The largest absolute Gasteiger partial charge is 0.495 e. The van der Waals surface area contributed by atoms with Gasteiger partial charge in [-0.1, -0.05) is 6.92 Å². The molecule has 0 spiro atoms. The number of carbonyl (C=O) groups excluding carboxylic acids is 1. The van der Waals surface area contributed by atoms with Crippen LogP contribution in [0.4, 0.5) is 0 Å². The number of fused-ring (bicyclic) bond motifs is 2. The Morgan fingerprint density at radius 1 is 1.32 bits per heavy atom. The van der Waals surface area contributed by atoms with Crippen molar-refractivity contribution in [3.8, 4) is 5.75 Å². The molecule has 7 nitrogen and oxygen atoms in total. The summed E-state index contributed by atoms with van der Waals surface area (Å²) in [4.78, 5) is 22.3. The smallest absolute Gasteiger partial charge is 0.230 e. The molecular formula is C20H29N3O4S. The molecule has 3 saturated heterocycles. The number of methoxy groups -OCH3 is 1. The lowest BCUT2D eigenvalue weighted by atomic mass is 9.70. The minimum Gasteiger partial charge on any atom is -0.495 e. The van der Waals surface area contributed by atoms with E-state index in [9.17, 15) is 13.2 Å². The van der Waals surface area contributed by atoms with Gasteiger partial charge in [-0.3, -0.25) is 14.7 Å². The standard InChI is InChI=1S/C20H29N3O4S/c1-3-20(19(24)22-9-11-28(25,26)12-10-22)13-15-6-7-18(20)23(15)14-16-17(27-2)5-4-8-21-16/h4-5,8,15,18H,3,6-7,9-14H2,1-2H3/t15-,18+,20+/m1/s1. The molecule has 1 aromatic heterocycles. The Hall–Kier alpha value is -1.67. The van der Waals surface area contributed by atoms with E-state index in [-0.39, 0.29) is 23.5 Å². The monoisotopic (exact) mass is 407 g/mol. The van der Waals surface area contributed by atoms with Crippen LogP contribution in [-0.2, 0) is 21.2 Å². The van der Waals surface area contributed by atoms with Gasteiger partial charge in [0, 0.05) is 37.9 Å². The second-order valence-corrected chi connectivity index (χ2v) is 10.5. The van der Waals surface area contributed by atoms with Crippen LogP contribution in [0.25, 0.3) is 0 Å². The van der Waals surface area contributed by atoms with Gasteiger partial charge in [0.2, 0.25) is 5.91 Å². The first-order valence-corrected chi connectivity index (χ1v) is 12.0. The minimum absolute atomic E-state index is 0.0848. The third-order valence-corrected chi connectivity index (χ3v) is 8.58. The minimum atomic E-state index is -3.00. The lowest BCUT2D eigenvalue weighted by Gasteiger charge is -2.40. The van der Waals surface area contributed by atoms with Crippen molar-refractivity contribution >= 4 is 15.7 Å². The summed E-state index contributed by atoms with van der Waals surface area (Å²) < 4.78 is 29.0. The molecule has 0 aromatic carbocycles. The third kappa shape index (κ3) is 3.20. The summed E-state index contributed by atoms with van der Waals surface area (Å²) >= 11 is 0. The van der Waals surface area contributed by atoms with E-state index in [4.69, 9.17) is 4.74 Å². The molecule has 4 rings (SSSR count). The van der Waals surface area contributed by atoms with Gasteiger partial charge in [0.05, 0.1) is 29.7 Å². The zero-order chi connectivity index (χ0) is 19.9. The quantitative estimate of drug-likeness (QED) is 0.736. The highest BCUT2D eigenvalue weighted by Crippen LogP contribution is 2.53. The number of ether oxygens (including phenoxy) is 1. The van der Waals surface area contributed by atoms with Crippen LogP contribution in [-0.4, -0.2) is 72.9 Å². The van der Waals surface area contributed by atoms with E-state index in [0.717, 1.165) is 37.1 Å². The topological polar surface area (TPSA) is 79.8 Å². The first-order chi connectivity index (χ1) is 13.4. The van der Waals surface area contributed by atoms with Crippen LogP contribution >= 0.6 is 0 Å². The molecule has 1 aromatic rings. The molecule has 3 aliphatic rings. The lowest BCUT2D eigenvalue weighted by Crippen LogP contribution is -2.54. The number of hydrogen-bond donors (Lipinski definition) is 0. The summed E-state index contributed by atoms with van der Waals surface area (Å²) in [6.07, 6.45) is 5.52. The average molecular weight is 408 g/mol. The Morgan fingerprint density at radius 2 is 2.07 bits per heavy atom. The van der Waals surface area contributed by atoms with Crippen molar-refractivity contribution in [1.29, 1.82) is 0 Å². The molecule has 2 bridgehead atoms. The van der Waals surface area contributed by atoms with Gasteiger partial charge in [-0.05, 0) is 37.8 Å². The van der Waals surface area contributed by atoms with E-state index in [1.54, 1.807) is 18.2 Å². The highest BCUT2D eigenvalue weighted by Gasteiger charge is 2.59. The second kappa shape index (κ2) is 7.30. The van der Waals surface area contributed by atoms with Gasteiger partial charge in [0.1, 0.15) is 5.75 Å². The SMILES string of the molecule is CC[C@]1(C(=O)N2CCS(=O)(=O)CC2)C[C@H]2CC[C@@H]1N2Cc1ncccc1OC. The summed E-state index contributed by atoms with van der Waals surface area (Å²) in [5.41, 5.74) is 0.497. The molecule has 1 amide bonds. The Kier molecular flexibility index (Phi) is 5.12. The molecule has 3 fully saturated rings. The molecule has 0 N–H and O–H groups in total. The molecule has 154 valence electrons. The van der Waals surface area contributed by atoms with Crippen molar-refractivity contribution in [2.24, 2.45) is 5.41 Å². The fourth-order valence-electron chi connectivity index (χ4n) is 5.44. The number of rotatable bonds is 5. The predicted octanol–water partition coefficient (Wildman–Crippen LogP) is 1.48. The highest BCUT2D eigenvalue weighted by atomic mass is 32.2. The summed E-state index contributed by atoms with van der Waals surface area (Å²) in [6, 6.07) is 4.34. The van der Waals surface area contributed by atoms with E-state index in [0.29, 0.717) is 25.7 Å². The van der Waals surface area contributed by atoms with E-state index >= 15 is 0 Å². The maximum Gasteiger partial charge on any atom is 0.230 e. The van der Waals surface area contributed by atoms with Gasteiger partial charge in [-0.15, -0.1) is 0 Å². The van der Waals surface area contributed by atoms with Gasteiger partial charge in [-0.25, -0.2) is 8.42 Å². The third-order valence-electron chi connectivity index (χ3n) is 6.97. The van der Waals surface area contributed by atoms with E-state index in [1.165, 1.54) is 0 Å². The average Bonchev–Trinajstić information content (AvgIpc) is 3.23. The molecule has 4 heterocycles. The van der Waals surface area contributed by atoms with Crippen molar-refractivity contribution in [2.45, 2.75) is 51.2 Å². The Labute approximate surface area is 167 Å². The maximum atomic E-state index is 13.5. The Balaban J connectivity index is 1.55. The number of pyridine rings is 1. The van der Waals surface area contributed by atoms with Crippen molar-refractivity contribution in [3.05, 3.63) is 24.0 Å².